The van der Waals surface area contributed by atoms with Crippen molar-refractivity contribution in [2.45, 2.75) is 19.0 Å². The second-order valence-corrected chi connectivity index (χ2v) is 4.68. The fraction of sp³-hybridized carbons (Fsp3) is 0.455. The summed E-state index contributed by atoms with van der Waals surface area (Å²) in [4.78, 5) is 17.7. The Morgan fingerprint density at radius 2 is 2.19 bits per heavy atom. The first-order valence-electron chi connectivity index (χ1n) is 5.21. The third-order valence-corrected chi connectivity index (χ3v) is 3.35. The number of hydrogen-bond acceptors (Lipinski definition) is 2. The summed E-state index contributed by atoms with van der Waals surface area (Å²) < 4.78 is 13.6. The minimum Gasteiger partial charge on any atom is -0.338 e. The molecule has 0 radical (unpaired) electrons. The molecule has 3 nitrogen and oxygen atoms in total. The Kier molecular flexibility index (Phi) is 3.53. The van der Waals surface area contributed by atoms with E-state index in [2.05, 4.69) is 20.9 Å². The van der Waals surface area contributed by atoms with E-state index in [0.29, 0.717) is 36.0 Å². The highest BCUT2D eigenvalue weighted by Crippen LogP contribution is 2.20. The SMILES string of the molecule is O=C(c1ccncc1Br)N1CCC(F)CC1. The molecule has 86 valence electrons. The molecule has 1 aliphatic rings. The van der Waals surface area contributed by atoms with Crippen molar-refractivity contribution in [2.75, 3.05) is 13.1 Å². The average Bonchev–Trinajstić information content (AvgIpc) is 2.30. The molecule has 0 spiro atoms. The van der Waals surface area contributed by atoms with Crippen LogP contribution in [0.4, 0.5) is 4.39 Å². The van der Waals surface area contributed by atoms with E-state index in [1.165, 1.54) is 0 Å². The molecule has 1 fully saturated rings. The first-order chi connectivity index (χ1) is 7.68. The number of halogens is 2. The van der Waals surface area contributed by atoms with Crippen molar-refractivity contribution in [3.8, 4) is 0 Å². The molecule has 2 rings (SSSR count). The van der Waals surface area contributed by atoms with Gasteiger partial charge in [-0.3, -0.25) is 9.78 Å². The van der Waals surface area contributed by atoms with Crippen LogP contribution in [0.15, 0.2) is 22.9 Å². The summed E-state index contributed by atoms with van der Waals surface area (Å²) in [5, 5.41) is 0. The summed E-state index contributed by atoms with van der Waals surface area (Å²) in [5.41, 5.74) is 0.590. The Hall–Kier alpha value is -0.970. The summed E-state index contributed by atoms with van der Waals surface area (Å²) in [6.45, 7) is 0.990. The first-order valence-corrected chi connectivity index (χ1v) is 6.00. The summed E-state index contributed by atoms with van der Waals surface area (Å²) in [6.07, 6.45) is 3.29. The zero-order chi connectivity index (χ0) is 11.5. The van der Waals surface area contributed by atoms with Gasteiger partial charge in [-0.15, -0.1) is 0 Å². The molecule has 1 aromatic rings. The second-order valence-electron chi connectivity index (χ2n) is 3.82. The monoisotopic (exact) mass is 286 g/mol. The van der Waals surface area contributed by atoms with Gasteiger partial charge in [-0.25, -0.2) is 4.39 Å². The van der Waals surface area contributed by atoms with Gasteiger partial charge in [0, 0.05) is 30.0 Å². The summed E-state index contributed by atoms with van der Waals surface area (Å²) in [6, 6.07) is 1.67. The molecule has 1 amide bonds. The van der Waals surface area contributed by atoms with Crippen molar-refractivity contribution >= 4 is 21.8 Å². The smallest absolute Gasteiger partial charge is 0.255 e. The second kappa shape index (κ2) is 4.91. The summed E-state index contributed by atoms with van der Waals surface area (Å²) in [5.74, 6) is -0.0545. The molecule has 1 aromatic heterocycles. The fourth-order valence-electron chi connectivity index (χ4n) is 1.77. The van der Waals surface area contributed by atoms with E-state index in [9.17, 15) is 9.18 Å². The van der Waals surface area contributed by atoms with E-state index < -0.39 is 6.17 Å². The lowest BCUT2D eigenvalue weighted by atomic mass is 10.1. The molecular weight excluding hydrogens is 275 g/mol. The molecule has 0 bridgehead atoms. The highest BCUT2D eigenvalue weighted by molar-refractivity contribution is 9.10. The number of piperidine rings is 1. The Labute approximate surface area is 102 Å². The third-order valence-electron chi connectivity index (χ3n) is 2.71. The van der Waals surface area contributed by atoms with Crippen LogP contribution in [0, 0.1) is 0 Å². The standard InChI is InChI=1S/C11H12BrFN2O/c12-10-7-14-4-1-9(10)11(16)15-5-2-8(13)3-6-15/h1,4,7-8H,2-3,5-6H2. The number of pyridine rings is 1. The number of carbonyl (C=O) groups excluding carboxylic acids is 1. The Bertz CT molecular complexity index is 391. The van der Waals surface area contributed by atoms with Gasteiger partial charge in [-0.1, -0.05) is 0 Å². The van der Waals surface area contributed by atoms with Crippen molar-refractivity contribution in [3.63, 3.8) is 0 Å². The van der Waals surface area contributed by atoms with Gasteiger partial charge in [0.1, 0.15) is 6.17 Å². The lowest BCUT2D eigenvalue weighted by Crippen LogP contribution is -2.39. The number of rotatable bonds is 1. The van der Waals surface area contributed by atoms with Crippen LogP contribution in [0.2, 0.25) is 0 Å². The molecule has 16 heavy (non-hydrogen) atoms. The number of carbonyl (C=O) groups is 1. The zero-order valence-electron chi connectivity index (χ0n) is 8.70. The van der Waals surface area contributed by atoms with Gasteiger partial charge in [0.05, 0.1) is 5.56 Å². The van der Waals surface area contributed by atoms with Gasteiger partial charge < -0.3 is 4.90 Å². The molecule has 0 N–H and O–H groups in total. The number of alkyl halides is 1. The van der Waals surface area contributed by atoms with Crippen molar-refractivity contribution in [1.82, 2.24) is 9.88 Å². The molecule has 0 saturated carbocycles. The van der Waals surface area contributed by atoms with Gasteiger partial charge in [-0.2, -0.15) is 0 Å². The topological polar surface area (TPSA) is 33.2 Å². The van der Waals surface area contributed by atoms with Crippen molar-refractivity contribution in [3.05, 3.63) is 28.5 Å². The van der Waals surface area contributed by atoms with Gasteiger partial charge in [-0.05, 0) is 34.8 Å². The van der Waals surface area contributed by atoms with Crippen molar-refractivity contribution in [1.29, 1.82) is 0 Å². The predicted octanol–water partition coefficient (Wildman–Crippen LogP) is 2.42. The van der Waals surface area contributed by atoms with Crippen LogP contribution in [0.25, 0.3) is 0 Å². The van der Waals surface area contributed by atoms with Crippen LogP contribution in [0.1, 0.15) is 23.2 Å². The molecule has 2 heterocycles. The van der Waals surface area contributed by atoms with Gasteiger partial charge in [0.15, 0.2) is 0 Å². The van der Waals surface area contributed by atoms with Gasteiger partial charge in [0.25, 0.3) is 5.91 Å². The molecule has 1 saturated heterocycles. The van der Waals surface area contributed by atoms with E-state index in [4.69, 9.17) is 0 Å². The van der Waals surface area contributed by atoms with Crippen LogP contribution < -0.4 is 0 Å². The first kappa shape index (κ1) is 11.5. The van der Waals surface area contributed by atoms with Crippen LogP contribution >= 0.6 is 15.9 Å². The van der Waals surface area contributed by atoms with E-state index >= 15 is 0 Å². The Balaban J connectivity index is 2.11. The maximum atomic E-state index is 12.9. The maximum absolute atomic E-state index is 12.9. The van der Waals surface area contributed by atoms with Crippen molar-refractivity contribution in [2.24, 2.45) is 0 Å². The average molecular weight is 287 g/mol. The predicted molar refractivity (Wildman–Crippen MR) is 62.0 cm³/mol. The number of amides is 1. The molecule has 0 aliphatic carbocycles. The van der Waals surface area contributed by atoms with Crippen LogP contribution in [-0.2, 0) is 0 Å². The maximum Gasteiger partial charge on any atom is 0.255 e. The summed E-state index contributed by atoms with van der Waals surface area (Å²) in [7, 11) is 0. The summed E-state index contributed by atoms with van der Waals surface area (Å²) >= 11 is 3.29. The number of likely N-dealkylation sites (tertiary alicyclic amines) is 1. The molecular formula is C11H12BrFN2O. The van der Waals surface area contributed by atoms with E-state index in [0.717, 1.165) is 0 Å². The normalized spacial score (nSPS) is 17.5. The Morgan fingerprint density at radius 3 is 2.81 bits per heavy atom. The largest absolute Gasteiger partial charge is 0.338 e. The molecule has 0 atom stereocenters. The minimum absolute atomic E-state index is 0.0545. The van der Waals surface area contributed by atoms with Gasteiger partial charge in [0.2, 0.25) is 0 Å². The molecule has 0 unspecified atom stereocenters. The number of nitrogens with zero attached hydrogens (tertiary/aromatic N) is 2. The van der Waals surface area contributed by atoms with E-state index in [-0.39, 0.29) is 5.91 Å². The van der Waals surface area contributed by atoms with Crippen molar-refractivity contribution < 1.29 is 9.18 Å². The molecule has 5 heteroatoms. The van der Waals surface area contributed by atoms with Crippen LogP contribution in [0.3, 0.4) is 0 Å². The fourth-order valence-corrected chi connectivity index (χ4v) is 2.19. The van der Waals surface area contributed by atoms with E-state index in [1.54, 1.807) is 23.4 Å². The third kappa shape index (κ3) is 2.40. The minimum atomic E-state index is -0.759. The molecule has 0 aromatic carbocycles. The molecule has 1 aliphatic heterocycles. The lowest BCUT2D eigenvalue weighted by Gasteiger charge is -2.28. The highest BCUT2D eigenvalue weighted by Gasteiger charge is 2.24. The van der Waals surface area contributed by atoms with Crippen LogP contribution in [-0.4, -0.2) is 35.1 Å². The highest BCUT2D eigenvalue weighted by atomic mass is 79.9. The van der Waals surface area contributed by atoms with Gasteiger partial charge >= 0.3 is 0 Å². The lowest BCUT2D eigenvalue weighted by molar-refractivity contribution is 0.0666. The van der Waals surface area contributed by atoms with Crippen LogP contribution in [0.5, 0.6) is 0 Å². The van der Waals surface area contributed by atoms with E-state index in [1.807, 2.05) is 0 Å². The zero-order valence-corrected chi connectivity index (χ0v) is 10.3. The Morgan fingerprint density at radius 1 is 1.50 bits per heavy atom. The number of hydrogen-bond donors (Lipinski definition) is 0. The quantitative estimate of drug-likeness (QED) is 0.794. The number of aromatic nitrogens is 1.